The van der Waals surface area contributed by atoms with Crippen LogP contribution in [0.4, 0.5) is 11.5 Å². The average molecular weight is 369 g/mol. The van der Waals surface area contributed by atoms with Crippen molar-refractivity contribution in [1.82, 2.24) is 15.0 Å². The van der Waals surface area contributed by atoms with E-state index in [9.17, 15) is 0 Å². The maximum absolute atomic E-state index is 6.09. The van der Waals surface area contributed by atoms with Crippen molar-refractivity contribution < 1.29 is 4.74 Å². The van der Waals surface area contributed by atoms with Gasteiger partial charge in [0.25, 0.3) is 0 Å². The van der Waals surface area contributed by atoms with Gasteiger partial charge >= 0.3 is 0 Å². The number of benzene rings is 2. The van der Waals surface area contributed by atoms with Crippen LogP contribution in [0.5, 0.6) is 5.75 Å². The van der Waals surface area contributed by atoms with Gasteiger partial charge in [-0.2, -0.15) is 0 Å². The van der Waals surface area contributed by atoms with Gasteiger partial charge in [0, 0.05) is 10.6 Å². The molecule has 0 aliphatic heterocycles. The number of nitrogens with zero attached hydrogens (tertiary/aromatic N) is 3. The van der Waals surface area contributed by atoms with Gasteiger partial charge in [0.15, 0.2) is 5.82 Å². The molecule has 25 heavy (non-hydrogen) atoms. The molecule has 4 rings (SSSR count). The van der Waals surface area contributed by atoms with Crippen molar-refractivity contribution >= 4 is 44.8 Å². The molecule has 7 heteroatoms. The third-order valence-electron chi connectivity index (χ3n) is 3.63. The number of hydrogen-bond acceptors (Lipinski definition) is 6. The molecule has 0 unspecified atom stereocenters. The van der Waals surface area contributed by atoms with Crippen LogP contribution in [0, 0.1) is 0 Å². The lowest BCUT2D eigenvalue weighted by Gasteiger charge is -2.09. The minimum atomic E-state index is 0.638. The van der Waals surface area contributed by atoms with E-state index < -0.39 is 0 Å². The van der Waals surface area contributed by atoms with Gasteiger partial charge in [0.2, 0.25) is 0 Å². The van der Waals surface area contributed by atoms with Gasteiger partial charge in [-0.25, -0.2) is 15.0 Å². The predicted molar refractivity (Wildman–Crippen MR) is 102 cm³/mol. The normalized spacial score (nSPS) is 10.8. The van der Waals surface area contributed by atoms with Crippen LogP contribution in [0.3, 0.4) is 0 Å². The Balaban J connectivity index is 1.78. The summed E-state index contributed by atoms with van der Waals surface area (Å²) < 4.78 is 5.38. The molecule has 0 radical (unpaired) electrons. The molecule has 0 amide bonds. The van der Waals surface area contributed by atoms with Crippen molar-refractivity contribution in [2.24, 2.45) is 0 Å². The number of anilines is 2. The standard InChI is InChI=1S/C18H13ClN4OS/c1-24-14-8-3-2-7-13(14)22-16-15-18(21-10-20-16)25-17(23-15)11-5-4-6-12(19)9-11/h2-10H,1H3,(H,20,21,22). The van der Waals surface area contributed by atoms with Crippen LogP contribution in [0.25, 0.3) is 20.9 Å². The first kappa shape index (κ1) is 15.8. The predicted octanol–water partition coefficient (Wildman–Crippen LogP) is 5.16. The number of para-hydroxylation sites is 2. The van der Waals surface area contributed by atoms with Crippen molar-refractivity contribution in [2.75, 3.05) is 12.4 Å². The molecule has 5 nitrogen and oxygen atoms in total. The minimum Gasteiger partial charge on any atom is -0.495 e. The highest BCUT2D eigenvalue weighted by molar-refractivity contribution is 7.21. The Labute approximate surface area is 153 Å². The first-order valence-electron chi connectivity index (χ1n) is 7.52. The summed E-state index contributed by atoms with van der Waals surface area (Å²) in [5.41, 5.74) is 2.49. The first-order chi connectivity index (χ1) is 12.2. The van der Waals surface area contributed by atoms with E-state index in [1.807, 2.05) is 48.5 Å². The van der Waals surface area contributed by atoms with E-state index in [0.29, 0.717) is 16.4 Å². The van der Waals surface area contributed by atoms with Crippen molar-refractivity contribution in [1.29, 1.82) is 0 Å². The second-order valence-electron chi connectivity index (χ2n) is 5.23. The Morgan fingerprint density at radius 3 is 2.80 bits per heavy atom. The zero-order valence-electron chi connectivity index (χ0n) is 13.2. The summed E-state index contributed by atoms with van der Waals surface area (Å²) in [5.74, 6) is 1.37. The van der Waals surface area contributed by atoms with Crippen LogP contribution in [0.1, 0.15) is 0 Å². The number of thiazole rings is 1. The minimum absolute atomic E-state index is 0.638. The van der Waals surface area contributed by atoms with Crippen LogP contribution in [0.2, 0.25) is 5.02 Å². The third-order valence-corrected chi connectivity index (χ3v) is 4.87. The Kier molecular flexibility index (Phi) is 4.21. The molecule has 124 valence electrons. The van der Waals surface area contributed by atoms with Gasteiger partial charge in [-0.3, -0.25) is 0 Å². The highest BCUT2D eigenvalue weighted by Gasteiger charge is 2.13. The number of hydrogen-bond donors (Lipinski definition) is 1. The number of ether oxygens (including phenoxy) is 1. The molecule has 2 aromatic heterocycles. The van der Waals surface area contributed by atoms with Gasteiger partial charge in [-0.05, 0) is 24.3 Å². The molecule has 0 aliphatic rings. The molecule has 0 fully saturated rings. The fourth-order valence-corrected chi connectivity index (χ4v) is 3.56. The molecular formula is C18H13ClN4OS. The van der Waals surface area contributed by atoms with Gasteiger partial charge in [0.05, 0.1) is 12.8 Å². The highest BCUT2D eigenvalue weighted by atomic mass is 35.5. The third kappa shape index (κ3) is 3.14. The summed E-state index contributed by atoms with van der Waals surface area (Å²) in [6.07, 6.45) is 1.53. The van der Waals surface area contributed by atoms with Gasteiger partial charge < -0.3 is 10.1 Å². The zero-order valence-corrected chi connectivity index (χ0v) is 14.8. The zero-order chi connectivity index (χ0) is 17.2. The topological polar surface area (TPSA) is 59.9 Å². The van der Waals surface area contributed by atoms with E-state index in [4.69, 9.17) is 21.3 Å². The SMILES string of the molecule is COc1ccccc1Nc1ncnc2sc(-c3cccc(Cl)c3)nc12. The fraction of sp³-hybridized carbons (Fsp3) is 0.0556. The Morgan fingerprint density at radius 2 is 1.96 bits per heavy atom. The van der Waals surface area contributed by atoms with E-state index in [-0.39, 0.29) is 0 Å². The van der Waals surface area contributed by atoms with E-state index in [1.165, 1.54) is 17.7 Å². The molecule has 1 N–H and O–H groups in total. The van der Waals surface area contributed by atoms with Crippen molar-refractivity contribution in [2.45, 2.75) is 0 Å². The average Bonchev–Trinajstić information content (AvgIpc) is 3.08. The van der Waals surface area contributed by atoms with E-state index in [2.05, 4.69) is 15.3 Å². The number of aromatic nitrogens is 3. The molecule has 2 aromatic carbocycles. The lowest BCUT2D eigenvalue weighted by molar-refractivity contribution is 0.417. The summed E-state index contributed by atoms with van der Waals surface area (Å²) in [5, 5.41) is 4.81. The van der Waals surface area contributed by atoms with Crippen molar-refractivity contribution in [3.8, 4) is 16.3 Å². The summed E-state index contributed by atoms with van der Waals surface area (Å²) in [6.45, 7) is 0. The van der Waals surface area contributed by atoms with Crippen molar-refractivity contribution in [3.05, 3.63) is 59.9 Å². The van der Waals surface area contributed by atoms with Gasteiger partial charge in [-0.15, -0.1) is 0 Å². The molecule has 0 bridgehead atoms. The summed E-state index contributed by atoms with van der Waals surface area (Å²) in [4.78, 5) is 14.2. The summed E-state index contributed by atoms with van der Waals surface area (Å²) >= 11 is 7.59. The number of halogens is 1. The van der Waals surface area contributed by atoms with E-state index >= 15 is 0 Å². The molecule has 0 saturated carbocycles. The van der Waals surface area contributed by atoms with Crippen LogP contribution < -0.4 is 10.1 Å². The van der Waals surface area contributed by atoms with E-state index in [1.54, 1.807) is 7.11 Å². The van der Waals surface area contributed by atoms with Gasteiger partial charge in [0.1, 0.15) is 27.4 Å². The maximum atomic E-state index is 6.09. The number of fused-ring (bicyclic) bond motifs is 1. The monoisotopic (exact) mass is 368 g/mol. The van der Waals surface area contributed by atoms with Crippen LogP contribution in [-0.2, 0) is 0 Å². The van der Waals surface area contributed by atoms with Crippen molar-refractivity contribution in [3.63, 3.8) is 0 Å². The summed E-state index contributed by atoms with van der Waals surface area (Å²) in [6, 6.07) is 15.3. The fourth-order valence-electron chi connectivity index (χ4n) is 2.47. The molecule has 0 aliphatic carbocycles. The second kappa shape index (κ2) is 6.66. The second-order valence-corrected chi connectivity index (χ2v) is 6.64. The Hall–Kier alpha value is -2.70. The lowest BCUT2D eigenvalue weighted by Crippen LogP contribution is -1.97. The van der Waals surface area contributed by atoms with Crippen LogP contribution >= 0.6 is 22.9 Å². The van der Waals surface area contributed by atoms with E-state index in [0.717, 1.165) is 26.8 Å². The molecule has 0 saturated heterocycles. The largest absolute Gasteiger partial charge is 0.495 e. The number of rotatable bonds is 4. The first-order valence-corrected chi connectivity index (χ1v) is 8.71. The quantitative estimate of drug-likeness (QED) is 0.539. The number of nitrogens with one attached hydrogen (secondary N) is 1. The Bertz CT molecular complexity index is 1050. The Morgan fingerprint density at radius 1 is 1.08 bits per heavy atom. The smallest absolute Gasteiger partial charge is 0.161 e. The highest BCUT2D eigenvalue weighted by Crippen LogP contribution is 2.34. The van der Waals surface area contributed by atoms with Crippen LogP contribution in [-0.4, -0.2) is 22.1 Å². The number of methoxy groups -OCH3 is 1. The molecule has 0 atom stereocenters. The molecule has 2 heterocycles. The summed E-state index contributed by atoms with van der Waals surface area (Å²) in [7, 11) is 1.64. The lowest BCUT2D eigenvalue weighted by atomic mass is 10.2. The van der Waals surface area contributed by atoms with Crippen LogP contribution in [0.15, 0.2) is 54.9 Å². The molecular weight excluding hydrogens is 356 g/mol. The maximum Gasteiger partial charge on any atom is 0.161 e. The molecule has 0 spiro atoms. The van der Waals surface area contributed by atoms with Gasteiger partial charge in [-0.1, -0.05) is 47.2 Å². The molecule has 4 aromatic rings.